The van der Waals surface area contributed by atoms with Gasteiger partial charge in [0.2, 0.25) is 0 Å². The molecule has 0 fully saturated rings. The molecular weight excluding hydrogens is 342 g/mol. The van der Waals surface area contributed by atoms with Gasteiger partial charge in [-0.3, -0.25) is 13.9 Å². The van der Waals surface area contributed by atoms with Crippen molar-refractivity contribution in [1.82, 2.24) is 19.1 Å². The molecule has 2 heterocycles. The maximum absolute atomic E-state index is 12.6. The van der Waals surface area contributed by atoms with Crippen molar-refractivity contribution in [2.75, 3.05) is 5.32 Å². The number of nitrogens with zero attached hydrogens (tertiary/aromatic N) is 4. The summed E-state index contributed by atoms with van der Waals surface area (Å²) in [5.41, 5.74) is 1.67. The van der Waals surface area contributed by atoms with E-state index in [1.54, 1.807) is 7.05 Å². The standard InChI is InChI=1S/C20H17N5O2/c1-24-18-16(19(26)25(2)20(24)27)22-15(13-9-5-3-6-10-13)17(23-18)21-14-11-7-4-8-12-14/h3-12H,1-2H3,(H,21,23). The Hall–Kier alpha value is -3.74. The van der Waals surface area contributed by atoms with E-state index < -0.39 is 11.2 Å². The maximum atomic E-state index is 12.6. The van der Waals surface area contributed by atoms with E-state index in [2.05, 4.69) is 15.3 Å². The lowest BCUT2D eigenvalue weighted by atomic mass is 10.1. The predicted octanol–water partition coefficient (Wildman–Crippen LogP) is 2.44. The first-order chi connectivity index (χ1) is 13.1. The molecule has 0 aliphatic heterocycles. The smallest absolute Gasteiger partial charge is 0.332 e. The number of fused-ring (bicyclic) bond motifs is 1. The van der Waals surface area contributed by atoms with Crippen LogP contribution in [0.2, 0.25) is 0 Å². The number of benzene rings is 2. The highest BCUT2D eigenvalue weighted by molar-refractivity contribution is 5.82. The molecule has 1 N–H and O–H groups in total. The molecule has 0 saturated carbocycles. The highest BCUT2D eigenvalue weighted by Crippen LogP contribution is 2.28. The SMILES string of the molecule is Cn1c(=O)c2nc(-c3ccccc3)c(Nc3ccccc3)nc2n(C)c1=O. The monoisotopic (exact) mass is 359 g/mol. The molecule has 2 aromatic carbocycles. The van der Waals surface area contributed by atoms with Crippen molar-refractivity contribution in [3.63, 3.8) is 0 Å². The minimum absolute atomic E-state index is 0.150. The van der Waals surface area contributed by atoms with E-state index in [0.29, 0.717) is 11.5 Å². The van der Waals surface area contributed by atoms with E-state index in [4.69, 9.17) is 0 Å². The van der Waals surface area contributed by atoms with Gasteiger partial charge < -0.3 is 5.32 Å². The highest BCUT2D eigenvalue weighted by atomic mass is 16.2. The Bertz CT molecular complexity index is 1240. The van der Waals surface area contributed by atoms with Crippen LogP contribution in [-0.4, -0.2) is 19.1 Å². The lowest BCUT2D eigenvalue weighted by molar-refractivity contribution is 0.705. The molecule has 7 nitrogen and oxygen atoms in total. The molecule has 0 unspecified atom stereocenters. The molecule has 0 aliphatic carbocycles. The van der Waals surface area contributed by atoms with E-state index in [0.717, 1.165) is 15.8 Å². The molecule has 0 atom stereocenters. The molecule has 2 aromatic heterocycles. The molecule has 134 valence electrons. The minimum atomic E-state index is -0.468. The Morgan fingerprint density at radius 2 is 1.44 bits per heavy atom. The van der Waals surface area contributed by atoms with Crippen LogP contribution in [0.1, 0.15) is 0 Å². The number of nitrogens with one attached hydrogen (secondary N) is 1. The van der Waals surface area contributed by atoms with Crippen molar-refractivity contribution in [3.05, 3.63) is 81.5 Å². The fourth-order valence-electron chi connectivity index (χ4n) is 2.91. The first-order valence-corrected chi connectivity index (χ1v) is 8.41. The van der Waals surface area contributed by atoms with Gasteiger partial charge in [0.05, 0.1) is 0 Å². The zero-order valence-corrected chi connectivity index (χ0v) is 14.9. The molecule has 4 rings (SSSR count). The zero-order chi connectivity index (χ0) is 19.0. The van der Waals surface area contributed by atoms with E-state index in [1.165, 1.54) is 11.6 Å². The van der Waals surface area contributed by atoms with Crippen LogP contribution < -0.4 is 16.6 Å². The number of aryl methyl sites for hydroxylation is 1. The van der Waals surface area contributed by atoms with Gasteiger partial charge in [-0.05, 0) is 12.1 Å². The first kappa shape index (κ1) is 16.7. The molecule has 0 amide bonds. The van der Waals surface area contributed by atoms with Crippen LogP contribution in [-0.2, 0) is 14.1 Å². The Morgan fingerprint density at radius 1 is 0.815 bits per heavy atom. The summed E-state index contributed by atoms with van der Waals surface area (Å²) in [4.78, 5) is 34.0. The topological polar surface area (TPSA) is 81.8 Å². The van der Waals surface area contributed by atoms with Gasteiger partial charge in [-0.1, -0.05) is 48.5 Å². The average Bonchev–Trinajstić information content (AvgIpc) is 2.72. The van der Waals surface area contributed by atoms with Crippen LogP contribution in [0.15, 0.2) is 70.3 Å². The van der Waals surface area contributed by atoms with Crippen LogP contribution in [0.4, 0.5) is 11.5 Å². The summed E-state index contributed by atoms with van der Waals surface area (Å²) in [5.74, 6) is 0.475. The Labute approximate surface area is 154 Å². The quantitative estimate of drug-likeness (QED) is 0.608. The zero-order valence-electron chi connectivity index (χ0n) is 14.9. The van der Waals surface area contributed by atoms with E-state index in [9.17, 15) is 9.59 Å². The van der Waals surface area contributed by atoms with Crippen molar-refractivity contribution < 1.29 is 0 Å². The second-order valence-electron chi connectivity index (χ2n) is 6.16. The summed E-state index contributed by atoms with van der Waals surface area (Å²) in [6, 6.07) is 19.0. The third kappa shape index (κ3) is 2.89. The van der Waals surface area contributed by atoms with E-state index in [-0.39, 0.29) is 11.2 Å². The van der Waals surface area contributed by atoms with Gasteiger partial charge in [-0.2, -0.15) is 0 Å². The van der Waals surface area contributed by atoms with Crippen LogP contribution >= 0.6 is 0 Å². The first-order valence-electron chi connectivity index (χ1n) is 8.41. The fraction of sp³-hybridized carbons (Fsp3) is 0.100. The van der Waals surface area contributed by atoms with E-state index in [1.807, 2.05) is 60.7 Å². The second kappa shape index (κ2) is 6.53. The normalized spacial score (nSPS) is 10.9. The summed E-state index contributed by atoms with van der Waals surface area (Å²) in [7, 11) is 3.01. The largest absolute Gasteiger partial charge is 0.338 e. The third-order valence-corrected chi connectivity index (χ3v) is 4.36. The fourth-order valence-corrected chi connectivity index (χ4v) is 2.91. The lowest BCUT2D eigenvalue weighted by Gasteiger charge is -2.14. The van der Waals surface area contributed by atoms with Crippen molar-refractivity contribution in [3.8, 4) is 11.3 Å². The van der Waals surface area contributed by atoms with Gasteiger partial charge in [0, 0.05) is 25.3 Å². The van der Waals surface area contributed by atoms with Gasteiger partial charge in [0.25, 0.3) is 5.56 Å². The molecule has 27 heavy (non-hydrogen) atoms. The number of anilines is 2. The minimum Gasteiger partial charge on any atom is -0.338 e. The number of hydrogen-bond acceptors (Lipinski definition) is 5. The second-order valence-corrected chi connectivity index (χ2v) is 6.16. The Balaban J connectivity index is 2.04. The number of aromatic nitrogens is 4. The number of rotatable bonds is 3. The molecule has 0 saturated heterocycles. The molecule has 0 aliphatic rings. The number of para-hydroxylation sites is 1. The molecule has 0 bridgehead atoms. The molecule has 4 aromatic rings. The van der Waals surface area contributed by atoms with Gasteiger partial charge in [-0.25, -0.2) is 14.8 Å². The summed E-state index contributed by atoms with van der Waals surface area (Å²) in [6.45, 7) is 0. The summed E-state index contributed by atoms with van der Waals surface area (Å²) in [6.07, 6.45) is 0. The lowest BCUT2D eigenvalue weighted by Crippen LogP contribution is -2.37. The van der Waals surface area contributed by atoms with Gasteiger partial charge >= 0.3 is 5.69 Å². The van der Waals surface area contributed by atoms with Crippen molar-refractivity contribution in [2.45, 2.75) is 0 Å². The maximum Gasteiger partial charge on any atom is 0.332 e. The van der Waals surface area contributed by atoms with Crippen molar-refractivity contribution in [1.29, 1.82) is 0 Å². The van der Waals surface area contributed by atoms with Gasteiger partial charge in [0.15, 0.2) is 17.0 Å². The highest BCUT2D eigenvalue weighted by Gasteiger charge is 2.17. The molecule has 7 heteroatoms. The van der Waals surface area contributed by atoms with Crippen LogP contribution in [0.5, 0.6) is 0 Å². The third-order valence-electron chi connectivity index (χ3n) is 4.36. The van der Waals surface area contributed by atoms with Gasteiger partial charge in [-0.15, -0.1) is 0 Å². The number of hydrogen-bond donors (Lipinski definition) is 1. The Kier molecular flexibility index (Phi) is 4.04. The van der Waals surface area contributed by atoms with Crippen molar-refractivity contribution in [2.24, 2.45) is 14.1 Å². The molecule has 0 radical (unpaired) electrons. The van der Waals surface area contributed by atoms with Gasteiger partial charge in [0.1, 0.15) is 5.69 Å². The van der Waals surface area contributed by atoms with Crippen LogP contribution in [0.25, 0.3) is 22.4 Å². The average molecular weight is 359 g/mol. The van der Waals surface area contributed by atoms with Crippen LogP contribution in [0, 0.1) is 0 Å². The summed E-state index contributed by atoms with van der Waals surface area (Å²) in [5, 5.41) is 3.25. The predicted molar refractivity (Wildman–Crippen MR) is 105 cm³/mol. The van der Waals surface area contributed by atoms with Crippen molar-refractivity contribution >= 4 is 22.7 Å². The van der Waals surface area contributed by atoms with Crippen LogP contribution in [0.3, 0.4) is 0 Å². The summed E-state index contributed by atoms with van der Waals surface area (Å²) >= 11 is 0. The van der Waals surface area contributed by atoms with E-state index >= 15 is 0 Å². The molecule has 0 spiro atoms. The summed E-state index contributed by atoms with van der Waals surface area (Å²) < 4.78 is 2.37. The molecular formula is C20H17N5O2. The Morgan fingerprint density at radius 3 is 2.11 bits per heavy atom.